The molecular weight excluding hydrogens is 669 g/mol. The SMILES string of the molecule is CC(C)(CCC(=S)CCC(=S)CCC(C)(C)CCn1c(S)c2c(cc1=S)SCC2)CCn1c(S)c2c(cc1=S)SCC2. The lowest BCUT2D eigenvalue weighted by atomic mass is 9.82. The Bertz CT molecular complexity index is 1340. The number of hydrogen-bond acceptors (Lipinski definition) is 8. The Balaban J connectivity index is 1.17. The Labute approximate surface area is 293 Å². The molecule has 0 saturated heterocycles. The molecule has 0 amide bonds. The Morgan fingerprint density at radius 3 is 1.45 bits per heavy atom. The highest BCUT2D eigenvalue weighted by Gasteiger charge is 2.23. The van der Waals surface area contributed by atoms with Gasteiger partial charge in [-0.05, 0) is 108 Å². The number of thiocarbonyl (C=S) groups is 2. The molecule has 230 valence electrons. The molecule has 42 heavy (non-hydrogen) atoms. The van der Waals surface area contributed by atoms with Crippen molar-refractivity contribution in [3.63, 3.8) is 0 Å². The van der Waals surface area contributed by atoms with Gasteiger partial charge in [0, 0.05) is 34.4 Å². The summed E-state index contributed by atoms with van der Waals surface area (Å²) in [5.74, 6) is 2.26. The number of fused-ring (bicyclic) bond motifs is 2. The summed E-state index contributed by atoms with van der Waals surface area (Å²) in [4.78, 5) is 4.93. The lowest BCUT2D eigenvalue weighted by molar-refractivity contribution is 0.288. The molecule has 2 nitrogen and oxygen atoms in total. The Morgan fingerprint density at radius 1 is 0.690 bits per heavy atom. The van der Waals surface area contributed by atoms with Gasteiger partial charge in [0.15, 0.2) is 0 Å². The fraction of sp³-hybridized carbons (Fsp3) is 0.625. The first-order valence-electron chi connectivity index (χ1n) is 15.0. The van der Waals surface area contributed by atoms with E-state index < -0.39 is 0 Å². The molecule has 0 aromatic carbocycles. The first-order chi connectivity index (χ1) is 19.8. The van der Waals surface area contributed by atoms with E-state index >= 15 is 0 Å². The van der Waals surface area contributed by atoms with E-state index in [0.29, 0.717) is 0 Å². The standard InChI is InChI=1S/C32H44N2S8/c1-31(2,13-15-33-27(37)19-25-23(29(33)39)9-17-41-25)11-7-21(35)5-6-22(36)8-12-32(3,4)14-16-34-28(38)20-26-24(30(34)40)10-18-42-26/h19-20,39-40H,5-18H2,1-4H3. The monoisotopic (exact) mass is 712 g/mol. The van der Waals surface area contributed by atoms with Crippen molar-refractivity contribution in [1.29, 1.82) is 0 Å². The molecule has 2 aliphatic rings. The molecule has 0 N–H and O–H groups in total. The maximum atomic E-state index is 5.81. The van der Waals surface area contributed by atoms with Crippen LogP contribution in [0.2, 0.25) is 0 Å². The second-order valence-corrected chi connectivity index (χ2v) is 18.3. The summed E-state index contributed by atoms with van der Waals surface area (Å²) in [5.41, 5.74) is 3.10. The predicted octanol–water partition coefficient (Wildman–Crippen LogP) is 11.2. The van der Waals surface area contributed by atoms with Crippen LogP contribution in [-0.2, 0) is 25.9 Å². The lowest BCUT2D eigenvalue weighted by Gasteiger charge is -2.27. The topological polar surface area (TPSA) is 9.86 Å². The fourth-order valence-electron chi connectivity index (χ4n) is 5.56. The minimum atomic E-state index is 0.185. The van der Waals surface area contributed by atoms with Gasteiger partial charge in [0.25, 0.3) is 0 Å². The zero-order valence-electron chi connectivity index (χ0n) is 25.3. The molecule has 0 bridgehead atoms. The molecule has 0 spiro atoms. The third-order valence-electron chi connectivity index (χ3n) is 8.77. The van der Waals surface area contributed by atoms with E-state index in [1.165, 1.54) is 20.9 Å². The second-order valence-electron chi connectivity index (χ2n) is 13.2. The number of thiol groups is 2. The highest BCUT2D eigenvalue weighted by Crippen LogP contribution is 2.38. The number of thioether (sulfide) groups is 2. The average molecular weight is 713 g/mol. The van der Waals surface area contributed by atoms with E-state index in [4.69, 9.17) is 74.1 Å². The van der Waals surface area contributed by atoms with Crippen molar-refractivity contribution < 1.29 is 0 Å². The third kappa shape index (κ3) is 9.43. The molecule has 0 fully saturated rings. The minimum absolute atomic E-state index is 0.185. The number of pyridine rings is 2. The Kier molecular flexibility index (Phi) is 12.8. The van der Waals surface area contributed by atoms with E-state index in [2.05, 4.69) is 49.0 Å². The lowest BCUT2D eigenvalue weighted by Crippen LogP contribution is -2.18. The molecule has 4 heterocycles. The smallest absolute Gasteiger partial charge is 0.107 e. The van der Waals surface area contributed by atoms with Crippen LogP contribution in [0.3, 0.4) is 0 Å². The summed E-state index contributed by atoms with van der Waals surface area (Å²) in [6.07, 6.45) is 10.2. The van der Waals surface area contributed by atoms with Crippen molar-refractivity contribution in [2.45, 2.75) is 125 Å². The van der Waals surface area contributed by atoms with Crippen LogP contribution in [0.4, 0.5) is 0 Å². The predicted molar refractivity (Wildman–Crippen MR) is 204 cm³/mol. The minimum Gasteiger partial charge on any atom is -0.327 e. The summed E-state index contributed by atoms with van der Waals surface area (Å²) in [6.45, 7) is 11.2. The van der Waals surface area contributed by atoms with Gasteiger partial charge in [0.1, 0.15) is 9.28 Å². The zero-order chi connectivity index (χ0) is 30.7. The first kappa shape index (κ1) is 35.2. The maximum absolute atomic E-state index is 5.81. The fourth-order valence-corrected chi connectivity index (χ4v) is 10.1. The summed E-state index contributed by atoms with van der Waals surface area (Å²) < 4.78 is 6.24. The van der Waals surface area contributed by atoms with Crippen molar-refractivity contribution in [3.8, 4) is 0 Å². The molecule has 0 unspecified atom stereocenters. The number of rotatable bonds is 15. The van der Waals surface area contributed by atoms with Crippen LogP contribution in [0.1, 0.15) is 90.2 Å². The van der Waals surface area contributed by atoms with Crippen molar-refractivity contribution in [3.05, 3.63) is 32.5 Å². The zero-order valence-corrected chi connectivity index (χ0v) is 32.0. The van der Waals surface area contributed by atoms with Gasteiger partial charge in [0.2, 0.25) is 0 Å². The van der Waals surface area contributed by atoms with Crippen molar-refractivity contribution in [2.24, 2.45) is 10.8 Å². The summed E-state index contributed by atoms with van der Waals surface area (Å²) >= 11 is 36.5. The van der Waals surface area contributed by atoms with Crippen LogP contribution in [0.15, 0.2) is 32.0 Å². The molecule has 0 atom stereocenters. The van der Waals surface area contributed by atoms with Crippen molar-refractivity contribution in [2.75, 3.05) is 11.5 Å². The van der Waals surface area contributed by atoms with Crippen molar-refractivity contribution >= 4 is 107 Å². The highest BCUT2D eigenvalue weighted by molar-refractivity contribution is 8.00. The molecule has 4 rings (SSSR count). The van der Waals surface area contributed by atoms with E-state index in [1.807, 2.05) is 23.5 Å². The van der Waals surface area contributed by atoms with Gasteiger partial charge in [-0.1, -0.05) is 76.6 Å². The van der Waals surface area contributed by atoms with Gasteiger partial charge in [-0.2, -0.15) is 0 Å². The molecule has 2 aromatic rings. The molecule has 0 saturated carbocycles. The molecule has 0 radical (unpaired) electrons. The molecule has 2 aromatic heterocycles. The second kappa shape index (κ2) is 15.3. The van der Waals surface area contributed by atoms with Crippen LogP contribution >= 0.6 is 97.7 Å². The number of hydrogen-bond donors (Lipinski definition) is 2. The molecular formula is C32H44N2S8. The van der Waals surface area contributed by atoms with Crippen LogP contribution in [0.5, 0.6) is 0 Å². The largest absolute Gasteiger partial charge is 0.327 e. The van der Waals surface area contributed by atoms with Gasteiger partial charge in [-0.3, -0.25) is 0 Å². The Morgan fingerprint density at radius 2 is 1.07 bits per heavy atom. The van der Waals surface area contributed by atoms with E-state index in [-0.39, 0.29) is 10.8 Å². The summed E-state index contributed by atoms with van der Waals surface area (Å²) in [6, 6.07) is 4.32. The average Bonchev–Trinajstić information content (AvgIpc) is 3.59. The normalized spacial score (nSPS) is 14.7. The van der Waals surface area contributed by atoms with Gasteiger partial charge < -0.3 is 9.13 Å². The van der Waals surface area contributed by atoms with Crippen molar-refractivity contribution in [1.82, 2.24) is 9.13 Å². The van der Waals surface area contributed by atoms with Gasteiger partial charge in [-0.15, -0.1) is 48.8 Å². The third-order valence-corrected chi connectivity index (χ3v) is 13.5. The maximum Gasteiger partial charge on any atom is 0.107 e. The van der Waals surface area contributed by atoms with Gasteiger partial charge in [-0.25, -0.2) is 0 Å². The van der Waals surface area contributed by atoms with Gasteiger partial charge >= 0.3 is 0 Å². The van der Waals surface area contributed by atoms with E-state index in [0.717, 1.165) is 118 Å². The molecule has 2 aliphatic heterocycles. The molecule has 10 heteroatoms. The van der Waals surface area contributed by atoms with Crippen LogP contribution in [0, 0.1) is 20.1 Å². The summed E-state index contributed by atoms with van der Waals surface area (Å²) in [7, 11) is 0. The Hall–Kier alpha value is 0.320. The van der Waals surface area contributed by atoms with Crippen LogP contribution < -0.4 is 0 Å². The van der Waals surface area contributed by atoms with Gasteiger partial charge in [0.05, 0.1) is 10.1 Å². The number of aromatic nitrogens is 2. The van der Waals surface area contributed by atoms with Crippen LogP contribution in [-0.4, -0.2) is 30.4 Å². The highest BCUT2D eigenvalue weighted by atomic mass is 32.2. The summed E-state index contributed by atoms with van der Waals surface area (Å²) in [5, 5.41) is 2.12. The number of nitrogens with zero attached hydrogens (tertiary/aromatic N) is 2. The van der Waals surface area contributed by atoms with Crippen LogP contribution in [0.25, 0.3) is 0 Å². The quantitative estimate of drug-likeness (QED) is 0.140. The molecule has 0 aliphatic carbocycles. The first-order valence-corrected chi connectivity index (χ1v) is 19.5. The van der Waals surface area contributed by atoms with E-state index in [1.54, 1.807) is 0 Å². The van der Waals surface area contributed by atoms with E-state index in [9.17, 15) is 0 Å².